The van der Waals surface area contributed by atoms with Crippen LogP contribution in [0.5, 0.6) is 11.5 Å². The lowest BCUT2D eigenvalue weighted by Crippen LogP contribution is -1.93. The van der Waals surface area contributed by atoms with E-state index in [4.69, 9.17) is 9.72 Å². The zero-order chi connectivity index (χ0) is 16.8. The highest BCUT2D eigenvalue weighted by Gasteiger charge is 2.16. The number of aromatic nitrogens is 3. The van der Waals surface area contributed by atoms with Crippen molar-refractivity contribution in [2.24, 2.45) is 0 Å². The summed E-state index contributed by atoms with van der Waals surface area (Å²) in [6, 6.07) is 11.2. The Kier molecular flexibility index (Phi) is 3.16. The minimum atomic E-state index is 0.234. The van der Waals surface area contributed by atoms with Crippen LogP contribution in [0.25, 0.3) is 33.1 Å². The van der Waals surface area contributed by atoms with E-state index in [-0.39, 0.29) is 5.75 Å². The summed E-state index contributed by atoms with van der Waals surface area (Å²) in [7, 11) is 1.68. The number of pyridine rings is 1. The van der Waals surface area contributed by atoms with Gasteiger partial charge in [-0.15, -0.1) is 0 Å². The quantitative estimate of drug-likeness (QED) is 0.583. The lowest BCUT2D eigenvalue weighted by molar-refractivity contribution is 0.412. The summed E-state index contributed by atoms with van der Waals surface area (Å²) >= 11 is 0. The Labute approximate surface area is 138 Å². The Bertz CT molecular complexity index is 1070. The maximum Gasteiger partial charge on any atom is 0.182 e. The molecule has 0 bridgehead atoms. The van der Waals surface area contributed by atoms with Gasteiger partial charge in [0.2, 0.25) is 0 Å². The van der Waals surface area contributed by atoms with Crippen molar-refractivity contribution in [2.45, 2.75) is 13.8 Å². The maximum atomic E-state index is 9.55. The Morgan fingerprint density at radius 2 is 1.79 bits per heavy atom. The highest BCUT2D eigenvalue weighted by Crippen LogP contribution is 2.37. The summed E-state index contributed by atoms with van der Waals surface area (Å²) in [5.41, 5.74) is 4.48. The van der Waals surface area contributed by atoms with Crippen LogP contribution in [-0.4, -0.2) is 27.4 Å². The third-order valence-corrected chi connectivity index (χ3v) is 4.35. The van der Waals surface area contributed by atoms with E-state index >= 15 is 0 Å². The fraction of sp³-hybridized carbons (Fsp3) is 0.158. The zero-order valence-corrected chi connectivity index (χ0v) is 13.7. The number of aryl methyl sites for hydroxylation is 2. The smallest absolute Gasteiger partial charge is 0.182 e. The molecule has 0 amide bonds. The molecular weight excluding hydrogens is 302 g/mol. The van der Waals surface area contributed by atoms with Crippen LogP contribution in [-0.2, 0) is 0 Å². The summed E-state index contributed by atoms with van der Waals surface area (Å²) in [5.74, 6) is 1.07. The first-order valence-corrected chi connectivity index (χ1v) is 7.71. The van der Waals surface area contributed by atoms with Crippen LogP contribution >= 0.6 is 0 Å². The van der Waals surface area contributed by atoms with Crippen molar-refractivity contribution in [3.63, 3.8) is 0 Å². The fourth-order valence-corrected chi connectivity index (χ4v) is 3.14. The number of aromatic amines is 1. The van der Waals surface area contributed by atoms with Crippen LogP contribution in [0.15, 0.2) is 36.4 Å². The molecule has 0 radical (unpaired) electrons. The largest absolute Gasteiger partial charge is 0.508 e. The molecule has 0 fully saturated rings. The van der Waals surface area contributed by atoms with Crippen LogP contribution < -0.4 is 4.74 Å². The number of methoxy groups -OCH3 is 1. The normalized spacial score (nSPS) is 11.3. The number of fused-ring (bicyclic) bond motifs is 3. The summed E-state index contributed by atoms with van der Waals surface area (Å²) in [6.07, 6.45) is 0. The summed E-state index contributed by atoms with van der Waals surface area (Å²) in [4.78, 5) is 4.76. The second-order valence-corrected chi connectivity index (χ2v) is 5.92. The number of ether oxygens (including phenoxy) is 1. The number of aromatic hydroxyl groups is 1. The lowest BCUT2D eigenvalue weighted by atomic mass is 9.98. The predicted molar refractivity (Wildman–Crippen MR) is 94.5 cm³/mol. The Hall–Kier alpha value is -3.08. The van der Waals surface area contributed by atoms with E-state index in [1.54, 1.807) is 19.2 Å². The van der Waals surface area contributed by atoms with E-state index in [0.717, 1.165) is 44.4 Å². The van der Waals surface area contributed by atoms with Crippen LogP contribution in [0, 0.1) is 13.8 Å². The predicted octanol–water partition coefficient (Wildman–Crippen LogP) is 4.11. The average molecular weight is 319 g/mol. The molecule has 0 spiro atoms. The third kappa shape index (κ3) is 2.09. The molecule has 0 atom stereocenters. The van der Waals surface area contributed by atoms with Gasteiger partial charge in [0, 0.05) is 27.4 Å². The molecule has 0 aliphatic carbocycles. The van der Waals surface area contributed by atoms with Crippen molar-refractivity contribution in [3.05, 3.63) is 47.7 Å². The highest BCUT2D eigenvalue weighted by atomic mass is 16.5. The van der Waals surface area contributed by atoms with Gasteiger partial charge in [0.25, 0.3) is 0 Å². The van der Waals surface area contributed by atoms with E-state index in [1.807, 2.05) is 32.0 Å². The van der Waals surface area contributed by atoms with Gasteiger partial charge in [-0.2, -0.15) is 5.10 Å². The molecule has 5 heteroatoms. The number of phenols is 1. The SMILES string of the molecule is COc1cc2c(cc1C)c(-c1ccc(O)cc1)nc1n[nH]c(C)c12. The molecule has 2 N–H and O–H groups in total. The van der Waals surface area contributed by atoms with Crippen LogP contribution in [0.2, 0.25) is 0 Å². The van der Waals surface area contributed by atoms with Crippen LogP contribution in [0.1, 0.15) is 11.3 Å². The van der Waals surface area contributed by atoms with Gasteiger partial charge in [-0.3, -0.25) is 5.10 Å². The standard InChI is InChI=1S/C19H17N3O2/c1-10-8-15-14(9-16(10)24-3)17-11(2)21-22-19(17)20-18(15)12-4-6-13(23)7-5-12/h4-9,23H,1-3H3,(H,20,21,22). The van der Waals surface area contributed by atoms with Gasteiger partial charge in [-0.25, -0.2) is 4.98 Å². The number of benzene rings is 2. The van der Waals surface area contributed by atoms with Crippen molar-refractivity contribution in [1.82, 2.24) is 15.2 Å². The van der Waals surface area contributed by atoms with Gasteiger partial charge >= 0.3 is 0 Å². The second-order valence-electron chi connectivity index (χ2n) is 5.92. The molecule has 2 heterocycles. The molecule has 24 heavy (non-hydrogen) atoms. The minimum Gasteiger partial charge on any atom is -0.508 e. The molecule has 0 saturated carbocycles. The maximum absolute atomic E-state index is 9.55. The number of nitrogens with zero attached hydrogens (tertiary/aromatic N) is 2. The van der Waals surface area contributed by atoms with Gasteiger partial charge in [0.1, 0.15) is 11.5 Å². The van der Waals surface area contributed by atoms with Crippen LogP contribution in [0.4, 0.5) is 0 Å². The number of H-pyrrole nitrogens is 1. The van der Waals surface area contributed by atoms with Gasteiger partial charge < -0.3 is 9.84 Å². The number of hydrogen-bond acceptors (Lipinski definition) is 4. The number of rotatable bonds is 2. The summed E-state index contributed by atoms with van der Waals surface area (Å²) in [6.45, 7) is 4.01. The van der Waals surface area contributed by atoms with E-state index in [2.05, 4.69) is 16.3 Å². The Morgan fingerprint density at radius 1 is 1.04 bits per heavy atom. The first-order valence-electron chi connectivity index (χ1n) is 7.71. The minimum absolute atomic E-state index is 0.234. The monoisotopic (exact) mass is 319 g/mol. The molecule has 4 rings (SSSR count). The lowest BCUT2D eigenvalue weighted by Gasteiger charge is -2.12. The first kappa shape index (κ1) is 14.5. The number of nitrogens with one attached hydrogen (secondary N) is 1. The van der Waals surface area contributed by atoms with E-state index in [9.17, 15) is 5.11 Å². The average Bonchev–Trinajstić information content (AvgIpc) is 2.95. The van der Waals surface area contributed by atoms with E-state index in [1.165, 1.54) is 0 Å². The Balaban J connectivity index is 2.15. The molecule has 0 saturated heterocycles. The third-order valence-electron chi connectivity index (χ3n) is 4.35. The molecular formula is C19H17N3O2. The molecule has 0 aliphatic rings. The van der Waals surface area contributed by atoms with Crippen molar-refractivity contribution in [2.75, 3.05) is 7.11 Å². The van der Waals surface area contributed by atoms with Gasteiger partial charge in [-0.1, -0.05) is 0 Å². The molecule has 5 nitrogen and oxygen atoms in total. The fourth-order valence-electron chi connectivity index (χ4n) is 3.14. The van der Waals surface area contributed by atoms with Crippen LogP contribution in [0.3, 0.4) is 0 Å². The number of phenolic OH excluding ortho intramolecular Hbond substituents is 1. The molecule has 2 aromatic carbocycles. The van der Waals surface area contributed by atoms with Crippen molar-refractivity contribution >= 4 is 21.8 Å². The molecule has 0 aliphatic heterocycles. The van der Waals surface area contributed by atoms with Gasteiger partial charge in [0.15, 0.2) is 5.65 Å². The number of hydrogen-bond donors (Lipinski definition) is 2. The van der Waals surface area contributed by atoms with Crippen molar-refractivity contribution in [1.29, 1.82) is 0 Å². The van der Waals surface area contributed by atoms with Gasteiger partial charge in [-0.05, 0) is 55.8 Å². The molecule has 4 aromatic rings. The highest BCUT2D eigenvalue weighted by molar-refractivity contribution is 6.11. The van der Waals surface area contributed by atoms with Gasteiger partial charge in [0.05, 0.1) is 12.8 Å². The zero-order valence-electron chi connectivity index (χ0n) is 13.7. The molecule has 2 aromatic heterocycles. The van der Waals surface area contributed by atoms with Crippen molar-refractivity contribution < 1.29 is 9.84 Å². The molecule has 0 unspecified atom stereocenters. The van der Waals surface area contributed by atoms with E-state index in [0.29, 0.717) is 5.65 Å². The summed E-state index contributed by atoms with van der Waals surface area (Å²) < 4.78 is 5.50. The van der Waals surface area contributed by atoms with Crippen molar-refractivity contribution in [3.8, 4) is 22.8 Å². The Morgan fingerprint density at radius 3 is 2.50 bits per heavy atom. The topological polar surface area (TPSA) is 71.0 Å². The first-order chi connectivity index (χ1) is 11.6. The second kappa shape index (κ2) is 5.23. The van der Waals surface area contributed by atoms with E-state index < -0.39 is 0 Å². The summed E-state index contributed by atoms with van der Waals surface area (Å²) in [5, 5.41) is 20.0. The molecule has 120 valence electrons.